The van der Waals surface area contributed by atoms with Gasteiger partial charge >= 0.3 is 6.09 Å². The van der Waals surface area contributed by atoms with E-state index in [9.17, 15) is 4.79 Å². The lowest BCUT2D eigenvalue weighted by atomic mass is 9.81. The fraction of sp³-hybridized carbons (Fsp3) is 0.484. The molecular weight excluding hydrogens is 432 g/mol. The van der Waals surface area contributed by atoms with E-state index in [1.165, 1.54) is 22.3 Å². The van der Waals surface area contributed by atoms with Crippen molar-refractivity contribution in [1.29, 1.82) is 0 Å². The SMILES string of the molecule is C/N=C(\C)c1cccc([C@@H]2CC[C@H](N(C(=O)OC(C)(C)C)[C@H](C)C3=C4C=CC=CC4CC=C3)C2)c1. The molecule has 0 aromatic heterocycles. The highest BCUT2D eigenvalue weighted by Crippen LogP contribution is 2.41. The van der Waals surface area contributed by atoms with Crippen LogP contribution in [0.1, 0.15) is 77.3 Å². The van der Waals surface area contributed by atoms with E-state index in [1.54, 1.807) is 0 Å². The molecule has 4 nitrogen and oxygen atoms in total. The summed E-state index contributed by atoms with van der Waals surface area (Å²) in [5.74, 6) is 0.817. The van der Waals surface area contributed by atoms with E-state index < -0.39 is 5.60 Å². The first-order valence-corrected chi connectivity index (χ1v) is 13.0. The zero-order chi connectivity index (χ0) is 25.2. The maximum Gasteiger partial charge on any atom is 0.411 e. The van der Waals surface area contributed by atoms with Crippen molar-refractivity contribution in [3.05, 3.63) is 83.0 Å². The van der Waals surface area contributed by atoms with Crippen LogP contribution in [0.2, 0.25) is 0 Å². The smallest absolute Gasteiger partial charge is 0.411 e. The number of nitrogens with zero attached hydrogens (tertiary/aromatic N) is 2. The largest absolute Gasteiger partial charge is 0.444 e. The topological polar surface area (TPSA) is 41.9 Å². The van der Waals surface area contributed by atoms with Crippen LogP contribution in [0.15, 0.2) is 76.9 Å². The molecule has 1 unspecified atom stereocenters. The van der Waals surface area contributed by atoms with Gasteiger partial charge in [-0.3, -0.25) is 9.89 Å². The molecule has 0 bridgehead atoms. The average molecular weight is 473 g/mol. The number of fused-ring (bicyclic) bond motifs is 1. The van der Waals surface area contributed by atoms with E-state index in [4.69, 9.17) is 4.74 Å². The summed E-state index contributed by atoms with van der Waals surface area (Å²) in [6, 6.07) is 8.83. The molecule has 4 rings (SSSR count). The van der Waals surface area contributed by atoms with Gasteiger partial charge in [0.25, 0.3) is 0 Å². The minimum atomic E-state index is -0.533. The van der Waals surface area contributed by atoms with Crippen LogP contribution < -0.4 is 0 Å². The lowest BCUT2D eigenvalue weighted by Crippen LogP contribution is -2.48. The summed E-state index contributed by atoms with van der Waals surface area (Å²) < 4.78 is 5.96. The molecule has 0 heterocycles. The second-order valence-electron chi connectivity index (χ2n) is 11.1. The van der Waals surface area contributed by atoms with Crippen LogP contribution in [0.4, 0.5) is 4.79 Å². The molecule has 4 atom stereocenters. The van der Waals surface area contributed by atoms with Gasteiger partial charge in [0.1, 0.15) is 5.60 Å². The maximum atomic E-state index is 13.6. The van der Waals surface area contributed by atoms with Gasteiger partial charge in [0, 0.05) is 24.7 Å². The third-order valence-electron chi connectivity index (χ3n) is 7.53. The van der Waals surface area contributed by atoms with Crippen LogP contribution in [0.25, 0.3) is 0 Å². The zero-order valence-electron chi connectivity index (χ0n) is 22.1. The van der Waals surface area contributed by atoms with Gasteiger partial charge in [0.2, 0.25) is 0 Å². The highest BCUT2D eigenvalue weighted by molar-refractivity contribution is 5.98. The number of aliphatic imine (C=N–C) groups is 1. The summed E-state index contributed by atoms with van der Waals surface area (Å²) in [5.41, 5.74) is 5.58. The molecule has 0 saturated heterocycles. The van der Waals surface area contributed by atoms with E-state index in [-0.39, 0.29) is 18.2 Å². The predicted molar refractivity (Wildman–Crippen MR) is 145 cm³/mol. The van der Waals surface area contributed by atoms with Crippen molar-refractivity contribution in [2.45, 2.75) is 83.9 Å². The van der Waals surface area contributed by atoms with Gasteiger partial charge < -0.3 is 4.74 Å². The molecule has 0 spiro atoms. The summed E-state index contributed by atoms with van der Waals surface area (Å²) in [6.07, 6.45) is 17.0. The minimum absolute atomic E-state index is 0.0559. The van der Waals surface area contributed by atoms with Gasteiger partial charge in [-0.1, -0.05) is 54.7 Å². The molecule has 3 aliphatic carbocycles. The van der Waals surface area contributed by atoms with Crippen LogP contribution in [-0.4, -0.2) is 41.4 Å². The van der Waals surface area contributed by atoms with Crippen molar-refractivity contribution in [2.24, 2.45) is 10.9 Å². The Labute approximate surface area is 211 Å². The molecular formula is C31H40N2O2. The minimum Gasteiger partial charge on any atom is -0.444 e. The number of hydrogen-bond acceptors (Lipinski definition) is 3. The summed E-state index contributed by atoms with van der Waals surface area (Å²) >= 11 is 0. The molecule has 1 saturated carbocycles. The van der Waals surface area contributed by atoms with E-state index in [2.05, 4.69) is 79.6 Å². The lowest BCUT2D eigenvalue weighted by molar-refractivity contribution is 0.0108. The normalized spacial score (nSPS) is 25.0. The Morgan fingerprint density at radius 2 is 1.97 bits per heavy atom. The van der Waals surface area contributed by atoms with Crippen molar-refractivity contribution >= 4 is 11.8 Å². The first-order valence-electron chi connectivity index (χ1n) is 13.0. The molecule has 0 N–H and O–H groups in total. The molecule has 0 aliphatic heterocycles. The maximum absolute atomic E-state index is 13.6. The number of carbonyl (C=O) groups excluding carboxylic acids is 1. The van der Waals surface area contributed by atoms with E-state index in [0.29, 0.717) is 11.8 Å². The number of carbonyl (C=O) groups is 1. The standard InChI is InChI=1S/C31H40N2O2/c1-21(32-6)24-13-9-14-25(19-24)26-17-18-27(20-26)33(30(34)35-31(3,4)5)22(2)28-16-10-12-23-11-7-8-15-29(23)28/h7-11,13-16,19,22-23,26-27H,12,17-18,20H2,1-6H3/b32-21+/t22-,23?,26-,27+/m1/s1. The fourth-order valence-electron chi connectivity index (χ4n) is 5.67. The number of ether oxygens (including phenoxy) is 1. The molecule has 3 aliphatic rings. The number of rotatable bonds is 5. The van der Waals surface area contributed by atoms with E-state index >= 15 is 0 Å². The molecule has 1 aromatic carbocycles. The Bertz CT molecular complexity index is 1100. The highest BCUT2D eigenvalue weighted by Gasteiger charge is 2.39. The van der Waals surface area contributed by atoms with Crippen LogP contribution in [0, 0.1) is 5.92 Å². The summed E-state index contributed by atoms with van der Waals surface area (Å²) in [7, 11) is 1.84. The van der Waals surface area contributed by atoms with Gasteiger partial charge in [0.05, 0.1) is 6.04 Å². The third kappa shape index (κ3) is 5.69. The van der Waals surface area contributed by atoms with Crippen LogP contribution in [-0.2, 0) is 4.74 Å². The Balaban J connectivity index is 1.62. The van der Waals surface area contributed by atoms with Crippen LogP contribution >= 0.6 is 0 Å². The van der Waals surface area contributed by atoms with Crippen molar-refractivity contribution < 1.29 is 9.53 Å². The molecule has 35 heavy (non-hydrogen) atoms. The molecule has 1 aromatic rings. The number of hydrogen-bond donors (Lipinski definition) is 0. The van der Waals surface area contributed by atoms with Gasteiger partial charge in [-0.15, -0.1) is 0 Å². The van der Waals surface area contributed by atoms with Crippen molar-refractivity contribution in [3.63, 3.8) is 0 Å². The number of amides is 1. The van der Waals surface area contributed by atoms with Gasteiger partial charge in [-0.2, -0.15) is 0 Å². The quantitative estimate of drug-likeness (QED) is 0.419. The van der Waals surface area contributed by atoms with Crippen LogP contribution in [0.5, 0.6) is 0 Å². The molecule has 4 heteroatoms. The Hall–Kier alpha value is -2.88. The monoisotopic (exact) mass is 472 g/mol. The highest BCUT2D eigenvalue weighted by atomic mass is 16.6. The van der Waals surface area contributed by atoms with Crippen molar-refractivity contribution in [3.8, 4) is 0 Å². The summed E-state index contributed by atoms with van der Waals surface area (Å²) in [6.45, 7) is 10.1. The second-order valence-corrected chi connectivity index (χ2v) is 11.1. The lowest BCUT2D eigenvalue weighted by Gasteiger charge is -2.38. The number of benzene rings is 1. The summed E-state index contributed by atoms with van der Waals surface area (Å²) in [5, 5.41) is 0. The van der Waals surface area contributed by atoms with E-state index in [1.807, 2.05) is 32.7 Å². The van der Waals surface area contributed by atoms with Gasteiger partial charge in [-0.05, 0) is 94.6 Å². The van der Waals surface area contributed by atoms with Crippen molar-refractivity contribution in [2.75, 3.05) is 7.05 Å². The Kier molecular flexibility index (Phi) is 7.49. The first kappa shape index (κ1) is 25.2. The number of allylic oxidation sites excluding steroid dienone is 6. The molecule has 0 radical (unpaired) electrons. The molecule has 1 amide bonds. The van der Waals surface area contributed by atoms with Gasteiger partial charge in [0.15, 0.2) is 0 Å². The fourth-order valence-corrected chi connectivity index (χ4v) is 5.67. The zero-order valence-corrected chi connectivity index (χ0v) is 22.1. The first-order chi connectivity index (χ1) is 16.7. The van der Waals surface area contributed by atoms with Gasteiger partial charge in [-0.25, -0.2) is 4.79 Å². The predicted octanol–water partition coefficient (Wildman–Crippen LogP) is 7.39. The summed E-state index contributed by atoms with van der Waals surface area (Å²) in [4.78, 5) is 20.0. The third-order valence-corrected chi connectivity index (χ3v) is 7.53. The Morgan fingerprint density at radius 1 is 1.17 bits per heavy atom. The molecule has 186 valence electrons. The van der Waals surface area contributed by atoms with E-state index in [0.717, 1.165) is 31.4 Å². The Morgan fingerprint density at radius 3 is 2.71 bits per heavy atom. The average Bonchev–Trinajstić information content (AvgIpc) is 3.31. The second kappa shape index (κ2) is 10.4. The van der Waals surface area contributed by atoms with Crippen molar-refractivity contribution in [1.82, 2.24) is 4.90 Å². The molecule has 1 fully saturated rings. The van der Waals surface area contributed by atoms with Crippen LogP contribution in [0.3, 0.4) is 0 Å².